The van der Waals surface area contributed by atoms with Crippen molar-refractivity contribution in [1.82, 2.24) is 9.29 Å². The Kier molecular flexibility index (Phi) is 5.88. The van der Waals surface area contributed by atoms with Gasteiger partial charge in [-0.25, -0.2) is 17.9 Å². The summed E-state index contributed by atoms with van der Waals surface area (Å²) in [6, 6.07) is 1.08. The van der Waals surface area contributed by atoms with Gasteiger partial charge in [0.2, 0.25) is 15.9 Å². The lowest BCUT2D eigenvalue weighted by molar-refractivity contribution is -0.122. The first-order chi connectivity index (χ1) is 9.77. The minimum absolute atomic E-state index is 0.0254. The molecule has 0 radical (unpaired) electrons. The Labute approximate surface area is 121 Å². The number of aryl methyl sites for hydroxylation is 1. The van der Waals surface area contributed by atoms with Gasteiger partial charge in [-0.15, -0.1) is 0 Å². The van der Waals surface area contributed by atoms with Gasteiger partial charge in [-0.2, -0.15) is 0 Å². The van der Waals surface area contributed by atoms with E-state index in [0.29, 0.717) is 6.54 Å². The third-order valence-electron chi connectivity index (χ3n) is 2.52. The fraction of sp³-hybridized carbons (Fsp3) is 0.455. The monoisotopic (exact) mass is 319 g/mol. The fourth-order valence-electron chi connectivity index (χ4n) is 1.58. The number of aromatic carboxylic acids is 1. The second-order valence-electron chi connectivity index (χ2n) is 4.07. The number of carboxylic acid groups (broad SMARTS) is 1. The number of hydrogen-bond donors (Lipinski definition) is 3. The molecule has 0 aliphatic rings. The molecule has 0 saturated carbocycles. The minimum Gasteiger partial charge on any atom is -0.477 e. The van der Waals surface area contributed by atoms with Crippen LogP contribution in [0.4, 0.5) is 0 Å². The highest BCUT2D eigenvalue weighted by Gasteiger charge is 2.20. The zero-order chi connectivity index (χ0) is 16.0. The smallest absolute Gasteiger partial charge is 0.352 e. The Morgan fingerprint density at radius 1 is 1.48 bits per heavy atom. The Hall–Kier alpha value is -1.91. The van der Waals surface area contributed by atoms with Crippen molar-refractivity contribution in [1.29, 1.82) is 0 Å². The molecule has 0 aliphatic heterocycles. The van der Waals surface area contributed by atoms with Crippen LogP contribution in [0.5, 0.6) is 0 Å². The molecule has 4 N–H and O–H groups in total. The number of carboxylic acids is 1. The number of hydrogen-bond acceptors (Lipinski definition) is 5. The standard InChI is InChI=1S/C11H17N3O6S/c1-2-14-6-8(5-9(14)11(16)17)21(18,19)13-3-4-20-7-10(12)15/h5-6,13H,2-4,7H2,1H3,(H2,12,15)(H,16,17). The molecule has 0 unspecified atom stereocenters. The molecule has 9 nitrogen and oxygen atoms in total. The number of aromatic nitrogens is 1. The van der Waals surface area contributed by atoms with Crippen LogP contribution in [0, 0.1) is 0 Å². The average Bonchev–Trinajstić information content (AvgIpc) is 2.82. The van der Waals surface area contributed by atoms with Crippen molar-refractivity contribution in [2.24, 2.45) is 5.73 Å². The number of ether oxygens (including phenoxy) is 1. The SMILES string of the molecule is CCn1cc(S(=O)(=O)NCCOCC(N)=O)cc1C(=O)O. The molecule has 118 valence electrons. The van der Waals surface area contributed by atoms with Crippen molar-refractivity contribution >= 4 is 21.9 Å². The summed E-state index contributed by atoms with van der Waals surface area (Å²) in [6.07, 6.45) is 1.25. The molecule has 0 aromatic carbocycles. The van der Waals surface area contributed by atoms with Crippen molar-refractivity contribution in [3.8, 4) is 0 Å². The number of rotatable bonds is 9. The zero-order valence-corrected chi connectivity index (χ0v) is 12.2. The molecule has 1 aromatic rings. The Balaban J connectivity index is 2.70. The molecule has 1 heterocycles. The van der Waals surface area contributed by atoms with Gasteiger partial charge in [0.1, 0.15) is 17.2 Å². The molecule has 10 heteroatoms. The van der Waals surface area contributed by atoms with Gasteiger partial charge in [0.15, 0.2) is 0 Å². The van der Waals surface area contributed by atoms with E-state index in [1.807, 2.05) is 0 Å². The summed E-state index contributed by atoms with van der Waals surface area (Å²) in [5.74, 6) is -1.85. The molecule has 1 amide bonds. The van der Waals surface area contributed by atoms with Gasteiger partial charge in [0.25, 0.3) is 0 Å². The molecule has 0 atom stereocenters. The van der Waals surface area contributed by atoms with Crippen LogP contribution in [0.15, 0.2) is 17.2 Å². The summed E-state index contributed by atoms with van der Waals surface area (Å²) in [5, 5.41) is 8.97. The number of amides is 1. The van der Waals surface area contributed by atoms with Crippen LogP contribution >= 0.6 is 0 Å². The van der Waals surface area contributed by atoms with E-state index in [4.69, 9.17) is 15.6 Å². The molecular weight excluding hydrogens is 302 g/mol. The van der Waals surface area contributed by atoms with Gasteiger partial charge in [-0.05, 0) is 13.0 Å². The summed E-state index contributed by atoms with van der Waals surface area (Å²) >= 11 is 0. The quantitative estimate of drug-likeness (QED) is 0.498. The number of sulfonamides is 1. The minimum atomic E-state index is -3.84. The van der Waals surface area contributed by atoms with Crippen molar-refractivity contribution in [2.45, 2.75) is 18.4 Å². The van der Waals surface area contributed by atoms with Crippen LogP contribution in [0.1, 0.15) is 17.4 Å². The highest BCUT2D eigenvalue weighted by molar-refractivity contribution is 7.89. The van der Waals surface area contributed by atoms with Crippen molar-refractivity contribution in [3.63, 3.8) is 0 Å². The van der Waals surface area contributed by atoms with Crippen molar-refractivity contribution < 1.29 is 27.9 Å². The van der Waals surface area contributed by atoms with Crippen LogP contribution in [0.25, 0.3) is 0 Å². The lowest BCUT2D eigenvalue weighted by Gasteiger charge is -2.05. The maximum Gasteiger partial charge on any atom is 0.352 e. The van der Waals surface area contributed by atoms with Crippen LogP contribution in [-0.4, -0.2) is 49.7 Å². The summed E-state index contributed by atoms with van der Waals surface area (Å²) in [6.45, 7) is 1.65. The van der Waals surface area contributed by atoms with E-state index in [9.17, 15) is 18.0 Å². The summed E-state index contributed by atoms with van der Waals surface area (Å²) < 4.78 is 32.3. The average molecular weight is 319 g/mol. The van der Waals surface area contributed by atoms with Gasteiger partial charge in [-0.1, -0.05) is 0 Å². The van der Waals surface area contributed by atoms with Gasteiger partial charge in [0, 0.05) is 19.3 Å². The highest BCUT2D eigenvalue weighted by atomic mass is 32.2. The normalized spacial score (nSPS) is 11.5. The molecule has 21 heavy (non-hydrogen) atoms. The molecule has 0 spiro atoms. The topological polar surface area (TPSA) is 141 Å². The number of nitrogens with one attached hydrogen (secondary N) is 1. The fourth-order valence-corrected chi connectivity index (χ4v) is 2.63. The molecule has 1 aromatic heterocycles. The molecule has 0 bridgehead atoms. The first-order valence-corrected chi connectivity index (χ1v) is 7.55. The Morgan fingerprint density at radius 2 is 2.14 bits per heavy atom. The number of primary amides is 1. The second-order valence-corrected chi connectivity index (χ2v) is 5.84. The van der Waals surface area contributed by atoms with Crippen LogP contribution < -0.4 is 10.5 Å². The van der Waals surface area contributed by atoms with E-state index in [1.165, 1.54) is 10.8 Å². The van der Waals surface area contributed by atoms with Crippen LogP contribution in [0.2, 0.25) is 0 Å². The largest absolute Gasteiger partial charge is 0.477 e. The zero-order valence-electron chi connectivity index (χ0n) is 11.4. The summed E-state index contributed by atoms with van der Waals surface area (Å²) in [5.41, 5.74) is 4.75. The number of nitrogens with zero attached hydrogens (tertiary/aromatic N) is 1. The van der Waals surface area contributed by atoms with Gasteiger partial charge in [-0.3, -0.25) is 4.79 Å². The molecule has 0 fully saturated rings. The number of nitrogens with two attached hydrogens (primary N) is 1. The third-order valence-corrected chi connectivity index (χ3v) is 3.95. The number of carbonyl (C=O) groups excluding carboxylic acids is 1. The van der Waals surface area contributed by atoms with Gasteiger partial charge < -0.3 is 20.1 Å². The molecule has 0 saturated heterocycles. The van der Waals surface area contributed by atoms with Crippen LogP contribution in [-0.2, 0) is 26.1 Å². The molecule has 1 rings (SSSR count). The first kappa shape index (κ1) is 17.1. The lowest BCUT2D eigenvalue weighted by atomic mass is 10.4. The first-order valence-electron chi connectivity index (χ1n) is 6.07. The predicted molar refractivity (Wildman–Crippen MR) is 72.3 cm³/mol. The van der Waals surface area contributed by atoms with E-state index in [-0.39, 0.29) is 30.3 Å². The molecular formula is C11H17N3O6S. The Bertz CT molecular complexity index is 622. The van der Waals surface area contributed by atoms with E-state index < -0.39 is 21.9 Å². The Morgan fingerprint density at radius 3 is 2.62 bits per heavy atom. The summed E-state index contributed by atoms with van der Waals surface area (Å²) in [4.78, 5) is 21.3. The van der Waals surface area contributed by atoms with Crippen molar-refractivity contribution in [2.75, 3.05) is 19.8 Å². The van der Waals surface area contributed by atoms with E-state index in [1.54, 1.807) is 6.92 Å². The second kappa shape index (κ2) is 7.20. The highest BCUT2D eigenvalue weighted by Crippen LogP contribution is 2.14. The lowest BCUT2D eigenvalue weighted by Crippen LogP contribution is -2.28. The molecule has 0 aliphatic carbocycles. The van der Waals surface area contributed by atoms with Crippen LogP contribution in [0.3, 0.4) is 0 Å². The van der Waals surface area contributed by atoms with Crippen molar-refractivity contribution in [3.05, 3.63) is 18.0 Å². The maximum absolute atomic E-state index is 12.0. The maximum atomic E-state index is 12.0. The number of carbonyl (C=O) groups is 2. The van der Waals surface area contributed by atoms with E-state index in [0.717, 1.165) is 6.07 Å². The van der Waals surface area contributed by atoms with Gasteiger partial charge in [0.05, 0.1) is 6.61 Å². The van der Waals surface area contributed by atoms with E-state index >= 15 is 0 Å². The predicted octanol–water partition coefficient (Wildman–Crippen LogP) is -1.01. The van der Waals surface area contributed by atoms with E-state index in [2.05, 4.69) is 4.72 Å². The third kappa shape index (κ3) is 4.85. The summed E-state index contributed by atoms with van der Waals surface area (Å²) in [7, 11) is -3.84. The van der Waals surface area contributed by atoms with Gasteiger partial charge >= 0.3 is 5.97 Å².